The molecule has 1 aliphatic heterocycles. The quantitative estimate of drug-likeness (QED) is 0.239. The topological polar surface area (TPSA) is 96.8 Å². The number of thiazole rings is 1. The van der Waals surface area contributed by atoms with Crippen LogP contribution in [0, 0.1) is 6.92 Å². The lowest BCUT2D eigenvalue weighted by atomic mass is 9.95. The monoisotopic (exact) mass is 482 g/mol. The normalized spacial score (nSPS) is 17.5. The maximum absolute atomic E-state index is 13.2. The largest absolute Gasteiger partial charge is 0.507 e. The highest BCUT2D eigenvalue weighted by atomic mass is 35.5. The Kier molecular flexibility index (Phi) is 6.05. The zero-order chi connectivity index (χ0) is 23.9. The standard InChI is InChI=1S/C24H19ClN2O5S/c1-12-22(13(2)28)33-24(26-12)27-19(14-4-8-16(25)9-5-14)18(21(30)23(27)31)20(29)15-6-10-17(32-3)11-7-15/h4-11,19,29H,1-3H3/t19-/m0/s1. The molecule has 0 radical (unpaired) electrons. The van der Waals surface area contributed by atoms with Gasteiger partial charge in [-0.2, -0.15) is 0 Å². The van der Waals surface area contributed by atoms with Gasteiger partial charge < -0.3 is 9.84 Å². The van der Waals surface area contributed by atoms with Gasteiger partial charge in [0.05, 0.1) is 29.3 Å². The van der Waals surface area contributed by atoms with E-state index in [4.69, 9.17) is 16.3 Å². The number of benzene rings is 2. The summed E-state index contributed by atoms with van der Waals surface area (Å²) in [6.45, 7) is 3.08. The molecule has 168 valence electrons. The third kappa shape index (κ3) is 4.03. The number of halogens is 1. The van der Waals surface area contributed by atoms with Crippen LogP contribution in [0.1, 0.15) is 39.5 Å². The predicted molar refractivity (Wildman–Crippen MR) is 126 cm³/mol. The number of rotatable bonds is 5. The lowest BCUT2D eigenvalue weighted by molar-refractivity contribution is -0.132. The number of aliphatic hydroxyl groups is 1. The third-order valence-electron chi connectivity index (χ3n) is 5.30. The number of methoxy groups -OCH3 is 1. The minimum Gasteiger partial charge on any atom is -0.507 e. The van der Waals surface area contributed by atoms with Gasteiger partial charge in [0, 0.05) is 17.5 Å². The van der Waals surface area contributed by atoms with Crippen LogP contribution < -0.4 is 9.64 Å². The molecule has 1 N–H and O–H groups in total. The first-order chi connectivity index (χ1) is 15.7. The van der Waals surface area contributed by atoms with Crippen LogP contribution in [0.2, 0.25) is 5.02 Å². The Morgan fingerprint density at radius 1 is 1.12 bits per heavy atom. The fourth-order valence-electron chi connectivity index (χ4n) is 3.71. The molecule has 0 aliphatic carbocycles. The van der Waals surface area contributed by atoms with E-state index < -0.39 is 17.7 Å². The minimum atomic E-state index is -0.949. The second-order valence-corrected chi connectivity index (χ2v) is 8.83. The van der Waals surface area contributed by atoms with E-state index in [1.807, 2.05) is 0 Å². The van der Waals surface area contributed by atoms with E-state index in [0.29, 0.717) is 32.5 Å². The molecule has 1 fully saturated rings. The van der Waals surface area contributed by atoms with Crippen LogP contribution in [0.25, 0.3) is 5.76 Å². The van der Waals surface area contributed by atoms with Crippen molar-refractivity contribution in [3.05, 3.63) is 80.8 Å². The van der Waals surface area contributed by atoms with Crippen LogP contribution in [0.3, 0.4) is 0 Å². The average Bonchev–Trinajstić information content (AvgIpc) is 3.31. The SMILES string of the molecule is COc1ccc(C(O)=C2C(=O)C(=O)N(c3nc(C)c(C(C)=O)s3)[C@H]2c2ccc(Cl)cc2)cc1. The highest BCUT2D eigenvalue weighted by Gasteiger charge is 2.48. The van der Waals surface area contributed by atoms with E-state index in [2.05, 4.69) is 4.98 Å². The molecule has 0 bridgehead atoms. The van der Waals surface area contributed by atoms with Crippen LogP contribution in [0.4, 0.5) is 5.13 Å². The zero-order valence-corrected chi connectivity index (χ0v) is 19.5. The fourth-order valence-corrected chi connectivity index (χ4v) is 4.82. The molecule has 0 saturated carbocycles. The predicted octanol–water partition coefficient (Wildman–Crippen LogP) is 4.94. The van der Waals surface area contributed by atoms with Gasteiger partial charge >= 0.3 is 5.91 Å². The number of Topliss-reactive ketones (excluding diaryl/α,β-unsaturated/α-hetero) is 2. The van der Waals surface area contributed by atoms with E-state index in [-0.39, 0.29) is 22.2 Å². The summed E-state index contributed by atoms with van der Waals surface area (Å²) in [5, 5.41) is 11.8. The molecule has 1 atom stereocenters. The van der Waals surface area contributed by atoms with Gasteiger partial charge in [-0.05, 0) is 48.9 Å². The van der Waals surface area contributed by atoms with Crippen molar-refractivity contribution >= 4 is 51.3 Å². The number of ketones is 2. The molecule has 4 rings (SSSR count). The molecule has 2 heterocycles. The Bertz CT molecular complexity index is 1300. The van der Waals surface area contributed by atoms with Crippen LogP contribution in [-0.2, 0) is 9.59 Å². The van der Waals surface area contributed by atoms with E-state index in [1.165, 1.54) is 18.9 Å². The van der Waals surface area contributed by atoms with Crippen molar-refractivity contribution in [1.82, 2.24) is 4.98 Å². The Labute approximate surface area is 198 Å². The van der Waals surface area contributed by atoms with Gasteiger partial charge in [0.15, 0.2) is 10.9 Å². The lowest BCUT2D eigenvalue weighted by Crippen LogP contribution is -2.29. The Hall–Kier alpha value is -3.49. The molecular weight excluding hydrogens is 464 g/mol. The smallest absolute Gasteiger partial charge is 0.301 e. The number of carbonyl (C=O) groups excluding carboxylic acids is 3. The Morgan fingerprint density at radius 3 is 2.30 bits per heavy atom. The molecule has 0 unspecified atom stereocenters. The summed E-state index contributed by atoms with van der Waals surface area (Å²) < 4.78 is 5.15. The molecule has 7 nitrogen and oxygen atoms in total. The van der Waals surface area contributed by atoms with Gasteiger partial charge in [0.1, 0.15) is 11.5 Å². The Morgan fingerprint density at radius 2 is 1.76 bits per heavy atom. The van der Waals surface area contributed by atoms with Gasteiger partial charge in [-0.15, -0.1) is 0 Å². The second kappa shape index (κ2) is 8.80. The van der Waals surface area contributed by atoms with E-state index >= 15 is 0 Å². The molecular formula is C24H19ClN2O5S. The van der Waals surface area contributed by atoms with Crippen molar-refractivity contribution in [1.29, 1.82) is 0 Å². The van der Waals surface area contributed by atoms with Gasteiger partial charge in [-0.3, -0.25) is 19.3 Å². The summed E-state index contributed by atoms with van der Waals surface area (Å²) in [6, 6.07) is 12.2. The summed E-state index contributed by atoms with van der Waals surface area (Å²) in [6.07, 6.45) is 0. The molecule has 1 aromatic heterocycles. The fraction of sp³-hybridized carbons (Fsp3) is 0.167. The van der Waals surface area contributed by atoms with Gasteiger partial charge in [0.25, 0.3) is 5.78 Å². The summed E-state index contributed by atoms with van der Waals surface area (Å²) in [7, 11) is 1.52. The first-order valence-corrected chi connectivity index (χ1v) is 11.1. The highest BCUT2D eigenvalue weighted by Crippen LogP contribution is 2.44. The number of nitrogens with zero attached hydrogens (tertiary/aromatic N) is 2. The summed E-state index contributed by atoms with van der Waals surface area (Å²) in [4.78, 5) is 44.3. The number of anilines is 1. The summed E-state index contributed by atoms with van der Waals surface area (Å²) >= 11 is 7.08. The number of aryl methyl sites for hydroxylation is 1. The number of ether oxygens (including phenoxy) is 1. The third-order valence-corrected chi connectivity index (χ3v) is 6.81. The molecule has 2 aromatic carbocycles. The maximum atomic E-state index is 13.2. The number of hydrogen-bond acceptors (Lipinski definition) is 7. The van der Waals surface area contributed by atoms with Crippen molar-refractivity contribution in [2.45, 2.75) is 19.9 Å². The van der Waals surface area contributed by atoms with Crippen LogP contribution in [-0.4, -0.2) is 34.7 Å². The van der Waals surface area contributed by atoms with Crippen molar-refractivity contribution in [3.63, 3.8) is 0 Å². The van der Waals surface area contributed by atoms with Gasteiger partial charge in [-0.25, -0.2) is 4.98 Å². The maximum Gasteiger partial charge on any atom is 0.301 e. The molecule has 9 heteroatoms. The van der Waals surface area contributed by atoms with Gasteiger partial charge in [0.2, 0.25) is 0 Å². The minimum absolute atomic E-state index is 0.0790. The summed E-state index contributed by atoms with van der Waals surface area (Å²) in [5.41, 5.74) is 1.30. The number of amides is 1. The van der Waals surface area contributed by atoms with E-state index in [9.17, 15) is 19.5 Å². The molecule has 1 amide bonds. The first kappa shape index (κ1) is 22.7. The summed E-state index contributed by atoms with van der Waals surface area (Å²) in [5.74, 6) is -1.61. The highest BCUT2D eigenvalue weighted by molar-refractivity contribution is 7.18. The lowest BCUT2D eigenvalue weighted by Gasteiger charge is -2.23. The number of hydrogen-bond donors (Lipinski definition) is 1. The van der Waals surface area contributed by atoms with Crippen molar-refractivity contribution in [2.24, 2.45) is 0 Å². The first-order valence-electron chi connectivity index (χ1n) is 9.92. The van der Waals surface area contributed by atoms with Crippen molar-refractivity contribution < 1.29 is 24.2 Å². The van der Waals surface area contributed by atoms with E-state index in [0.717, 1.165) is 11.3 Å². The van der Waals surface area contributed by atoms with Crippen molar-refractivity contribution in [2.75, 3.05) is 12.0 Å². The second-order valence-electron chi connectivity index (χ2n) is 7.42. The molecule has 3 aromatic rings. The number of aliphatic hydroxyl groups excluding tert-OH is 1. The number of aromatic nitrogens is 1. The molecule has 0 spiro atoms. The van der Waals surface area contributed by atoms with Gasteiger partial charge in [-0.1, -0.05) is 35.1 Å². The van der Waals surface area contributed by atoms with E-state index in [1.54, 1.807) is 55.5 Å². The Balaban J connectivity index is 1.92. The number of carbonyl (C=O) groups is 3. The van der Waals surface area contributed by atoms with Crippen LogP contribution in [0.5, 0.6) is 5.75 Å². The molecule has 1 saturated heterocycles. The molecule has 1 aliphatic rings. The van der Waals surface area contributed by atoms with Crippen molar-refractivity contribution in [3.8, 4) is 5.75 Å². The van der Waals surface area contributed by atoms with Crippen LogP contribution >= 0.6 is 22.9 Å². The molecule has 33 heavy (non-hydrogen) atoms. The zero-order valence-electron chi connectivity index (χ0n) is 18.0. The van der Waals surface area contributed by atoms with Crippen LogP contribution in [0.15, 0.2) is 54.1 Å². The average molecular weight is 483 g/mol.